The summed E-state index contributed by atoms with van der Waals surface area (Å²) in [5, 5.41) is 3.26. The van der Waals surface area contributed by atoms with Crippen LogP contribution in [0.25, 0.3) is 0 Å². The molecule has 21 heavy (non-hydrogen) atoms. The van der Waals surface area contributed by atoms with Gasteiger partial charge in [0.05, 0.1) is 4.47 Å². The summed E-state index contributed by atoms with van der Waals surface area (Å²) < 4.78 is 28.6. The SMILES string of the molecule is CCC(CC)(C(Cc1c(F)ccc(Br)c1F)NC)N(C)C. The minimum Gasteiger partial charge on any atom is -0.315 e. The van der Waals surface area contributed by atoms with Crippen molar-refractivity contribution in [3.8, 4) is 0 Å². The highest BCUT2D eigenvalue weighted by Gasteiger charge is 2.37. The molecule has 0 saturated carbocycles. The fourth-order valence-electron chi connectivity index (χ4n) is 3.21. The van der Waals surface area contributed by atoms with E-state index in [2.05, 4.69) is 40.0 Å². The first kappa shape index (κ1) is 18.5. The molecule has 0 aliphatic carbocycles. The molecule has 0 aliphatic heterocycles. The minimum absolute atomic E-state index is 0.0409. The van der Waals surface area contributed by atoms with Gasteiger partial charge in [-0.25, -0.2) is 8.78 Å². The summed E-state index contributed by atoms with van der Waals surface area (Å²) in [6, 6.07) is 2.67. The highest BCUT2D eigenvalue weighted by Crippen LogP contribution is 2.30. The van der Waals surface area contributed by atoms with Crippen LogP contribution >= 0.6 is 15.9 Å². The lowest BCUT2D eigenvalue weighted by atomic mass is 9.80. The molecular formula is C16H25BrF2N2. The molecule has 1 aromatic rings. The molecule has 5 heteroatoms. The van der Waals surface area contributed by atoms with Crippen LogP contribution in [-0.4, -0.2) is 37.6 Å². The van der Waals surface area contributed by atoms with Gasteiger partial charge in [0.25, 0.3) is 0 Å². The van der Waals surface area contributed by atoms with Crippen LogP contribution < -0.4 is 5.32 Å². The standard InChI is InChI=1S/C16H25BrF2N2/c1-6-16(7-2,21(4)5)14(20-3)10-11-13(18)9-8-12(17)15(11)19/h8-9,14,20H,6-7,10H2,1-5H3. The van der Waals surface area contributed by atoms with E-state index in [-0.39, 0.29) is 17.1 Å². The van der Waals surface area contributed by atoms with Crippen molar-refractivity contribution in [1.82, 2.24) is 10.2 Å². The van der Waals surface area contributed by atoms with Gasteiger partial charge >= 0.3 is 0 Å². The fourth-order valence-corrected chi connectivity index (χ4v) is 3.58. The summed E-state index contributed by atoms with van der Waals surface area (Å²) in [6.07, 6.45) is 2.12. The second kappa shape index (κ2) is 7.65. The van der Waals surface area contributed by atoms with Crippen molar-refractivity contribution in [2.45, 2.75) is 44.7 Å². The van der Waals surface area contributed by atoms with Crippen LogP contribution in [0.1, 0.15) is 32.3 Å². The van der Waals surface area contributed by atoms with Crippen molar-refractivity contribution in [2.24, 2.45) is 0 Å². The van der Waals surface area contributed by atoms with Gasteiger partial charge in [0.15, 0.2) is 0 Å². The molecule has 120 valence electrons. The van der Waals surface area contributed by atoms with Crippen LogP contribution in [0.3, 0.4) is 0 Å². The van der Waals surface area contributed by atoms with E-state index in [1.165, 1.54) is 12.1 Å². The zero-order valence-electron chi connectivity index (χ0n) is 13.4. The normalized spacial score (nSPS) is 13.8. The lowest BCUT2D eigenvalue weighted by molar-refractivity contribution is 0.0909. The van der Waals surface area contributed by atoms with E-state index in [1.807, 2.05) is 21.1 Å². The second-order valence-electron chi connectivity index (χ2n) is 5.57. The van der Waals surface area contributed by atoms with Crippen molar-refractivity contribution in [1.29, 1.82) is 0 Å². The van der Waals surface area contributed by atoms with Crippen LogP contribution in [0, 0.1) is 11.6 Å². The topological polar surface area (TPSA) is 15.3 Å². The summed E-state index contributed by atoms with van der Waals surface area (Å²) in [6.45, 7) is 4.23. The Hall–Kier alpha value is -0.520. The third kappa shape index (κ3) is 3.63. The molecule has 0 fully saturated rings. The molecular weight excluding hydrogens is 338 g/mol. The molecule has 0 saturated heterocycles. The van der Waals surface area contributed by atoms with E-state index in [9.17, 15) is 8.78 Å². The zero-order chi connectivity index (χ0) is 16.2. The summed E-state index contributed by atoms with van der Waals surface area (Å²) in [5.41, 5.74) is -0.00694. The molecule has 0 amide bonds. The van der Waals surface area contributed by atoms with E-state index >= 15 is 0 Å². The number of hydrogen-bond acceptors (Lipinski definition) is 2. The van der Waals surface area contributed by atoms with Gasteiger partial charge in [-0.3, -0.25) is 0 Å². The zero-order valence-corrected chi connectivity index (χ0v) is 15.0. The summed E-state index contributed by atoms with van der Waals surface area (Å²) in [4.78, 5) is 2.15. The van der Waals surface area contributed by atoms with Crippen molar-refractivity contribution in [2.75, 3.05) is 21.1 Å². The Morgan fingerprint density at radius 1 is 1.24 bits per heavy atom. The smallest absolute Gasteiger partial charge is 0.143 e. The maximum Gasteiger partial charge on any atom is 0.143 e. The molecule has 2 nitrogen and oxygen atoms in total. The van der Waals surface area contributed by atoms with Crippen molar-refractivity contribution in [3.63, 3.8) is 0 Å². The number of likely N-dealkylation sites (N-methyl/N-ethyl adjacent to an activating group) is 2. The van der Waals surface area contributed by atoms with Gasteiger partial charge < -0.3 is 10.2 Å². The van der Waals surface area contributed by atoms with E-state index in [4.69, 9.17) is 0 Å². The van der Waals surface area contributed by atoms with Crippen molar-refractivity contribution in [3.05, 3.63) is 33.8 Å². The Balaban J connectivity index is 3.21. The van der Waals surface area contributed by atoms with Gasteiger partial charge in [0, 0.05) is 17.1 Å². The van der Waals surface area contributed by atoms with E-state index in [0.717, 1.165) is 12.8 Å². The van der Waals surface area contributed by atoms with Gasteiger partial charge in [-0.1, -0.05) is 13.8 Å². The Morgan fingerprint density at radius 2 is 1.81 bits per heavy atom. The number of nitrogens with zero attached hydrogens (tertiary/aromatic N) is 1. The molecule has 0 bridgehead atoms. The lowest BCUT2D eigenvalue weighted by Gasteiger charge is -2.45. The molecule has 1 N–H and O–H groups in total. The molecule has 0 radical (unpaired) electrons. The Kier molecular flexibility index (Phi) is 6.75. The highest BCUT2D eigenvalue weighted by molar-refractivity contribution is 9.10. The summed E-state index contributed by atoms with van der Waals surface area (Å²) in [7, 11) is 5.89. The van der Waals surface area contributed by atoms with Gasteiger partial charge in [0.1, 0.15) is 11.6 Å². The summed E-state index contributed by atoms with van der Waals surface area (Å²) >= 11 is 3.13. The van der Waals surface area contributed by atoms with Crippen molar-refractivity contribution >= 4 is 15.9 Å². The molecule has 1 atom stereocenters. The predicted octanol–water partition coefficient (Wildman–Crippen LogP) is 3.98. The molecule has 1 unspecified atom stereocenters. The average Bonchev–Trinajstić information content (AvgIpc) is 2.46. The van der Waals surface area contributed by atoms with Gasteiger partial charge in [0.2, 0.25) is 0 Å². The first-order chi connectivity index (χ1) is 9.83. The van der Waals surface area contributed by atoms with Gasteiger partial charge in [-0.2, -0.15) is 0 Å². The molecule has 1 rings (SSSR count). The molecule has 1 aromatic carbocycles. The molecule has 0 aromatic heterocycles. The monoisotopic (exact) mass is 362 g/mol. The predicted molar refractivity (Wildman–Crippen MR) is 87.6 cm³/mol. The fraction of sp³-hybridized carbons (Fsp3) is 0.625. The average molecular weight is 363 g/mol. The van der Waals surface area contributed by atoms with E-state index in [1.54, 1.807) is 0 Å². The number of rotatable bonds is 7. The third-order valence-corrected chi connectivity index (χ3v) is 5.27. The Labute approximate surface area is 135 Å². The Bertz CT molecular complexity index is 474. The lowest BCUT2D eigenvalue weighted by Crippen LogP contribution is -2.58. The summed E-state index contributed by atoms with van der Waals surface area (Å²) in [5.74, 6) is -0.995. The van der Waals surface area contributed by atoms with Gasteiger partial charge in [-0.15, -0.1) is 0 Å². The van der Waals surface area contributed by atoms with Crippen LogP contribution in [-0.2, 0) is 6.42 Å². The van der Waals surface area contributed by atoms with Crippen LogP contribution in [0.4, 0.5) is 8.78 Å². The maximum absolute atomic E-state index is 14.2. The van der Waals surface area contributed by atoms with E-state index < -0.39 is 11.6 Å². The molecule has 0 aliphatic rings. The Morgan fingerprint density at radius 3 is 2.24 bits per heavy atom. The van der Waals surface area contributed by atoms with E-state index in [0.29, 0.717) is 10.9 Å². The number of benzene rings is 1. The molecule has 0 heterocycles. The maximum atomic E-state index is 14.2. The minimum atomic E-state index is -0.505. The quantitative estimate of drug-likeness (QED) is 0.738. The number of nitrogens with one attached hydrogen (secondary N) is 1. The number of hydrogen-bond donors (Lipinski definition) is 1. The molecule has 0 spiro atoms. The van der Waals surface area contributed by atoms with Gasteiger partial charge in [-0.05, 0) is 68.5 Å². The first-order valence-corrected chi connectivity index (χ1v) is 8.10. The first-order valence-electron chi connectivity index (χ1n) is 7.31. The van der Waals surface area contributed by atoms with Crippen molar-refractivity contribution < 1.29 is 8.78 Å². The third-order valence-electron chi connectivity index (χ3n) is 4.66. The highest BCUT2D eigenvalue weighted by atomic mass is 79.9. The van der Waals surface area contributed by atoms with Crippen LogP contribution in [0.2, 0.25) is 0 Å². The van der Waals surface area contributed by atoms with Crippen LogP contribution in [0.5, 0.6) is 0 Å². The number of halogens is 3. The van der Waals surface area contributed by atoms with Crippen LogP contribution in [0.15, 0.2) is 16.6 Å². The second-order valence-corrected chi connectivity index (χ2v) is 6.43. The largest absolute Gasteiger partial charge is 0.315 e.